The number of aromatic nitrogens is 2. The summed E-state index contributed by atoms with van der Waals surface area (Å²) in [6.07, 6.45) is 1.32. The lowest BCUT2D eigenvalue weighted by atomic mass is 10.3. The summed E-state index contributed by atoms with van der Waals surface area (Å²) in [5, 5.41) is 2.80. The predicted octanol–water partition coefficient (Wildman–Crippen LogP) is 0.883. The van der Waals surface area contributed by atoms with Crippen molar-refractivity contribution in [2.24, 2.45) is 0 Å². The fourth-order valence-electron chi connectivity index (χ4n) is 1.47. The summed E-state index contributed by atoms with van der Waals surface area (Å²) >= 11 is 3.18. The van der Waals surface area contributed by atoms with Gasteiger partial charge in [-0.2, -0.15) is 0 Å². The third-order valence-electron chi connectivity index (χ3n) is 2.24. The second-order valence-corrected chi connectivity index (χ2v) is 4.90. The number of rotatable bonds is 5. The number of hydrogen-bond acceptors (Lipinski definition) is 4. The Bertz CT molecular complexity index is 472. The Morgan fingerprint density at radius 3 is 2.83 bits per heavy atom. The van der Waals surface area contributed by atoms with Crippen LogP contribution >= 0.6 is 15.9 Å². The van der Waals surface area contributed by atoms with Crippen molar-refractivity contribution < 1.29 is 4.79 Å². The smallest absolute Gasteiger partial charge is 0.267 e. The Kier molecular flexibility index (Phi) is 5.33. The van der Waals surface area contributed by atoms with Crippen LogP contribution in [0, 0.1) is 0 Å². The predicted molar refractivity (Wildman–Crippen MR) is 73.7 cm³/mol. The number of H-pyrrole nitrogens is 1. The van der Waals surface area contributed by atoms with E-state index in [1.807, 2.05) is 20.8 Å². The van der Waals surface area contributed by atoms with Gasteiger partial charge in [0, 0.05) is 12.6 Å². The highest BCUT2D eigenvalue weighted by molar-refractivity contribution is 9.10. The topological polar surface area (TPSA) is 78.1 Å². The molecule has 1 heterocycles. The SMILES string of the molecule is CCN(CC(=O)NC(C)C)c1nc[nH]c(=O)c1Br. The van der Waals surface area contributed by atoms with Gasteiger partial charge in [-0.3, -0.25) is 9.59 Å². The van der Waals surface area contributed by atoms with E-state index in [1.165, 1.54) is 6.33 Å². The summed E-state index contributed by atoms with van der Waals surface area (Å²) in [6.45, 7) is 6.45. The molecule has 0 aromatic carbocycles. The van der Waals surface area contributed by atoms with Gasteiger partial charge in [0.1, 0.15) is 4.47 Å². The van der Waals surface area contributed by atoms with Crippen LogP contribution in [0.1, 0.15) is 20.8 Å². The molecule has 0 saturated heterocycles. The van der Waals surface area contributed by atoms with E-state index < -0.39 is 0 Å². The Hall–Kier alpha value is -1.37. The highest BCUT2D eigenvalue weighted by Crippen LogP contribution is 2.18. The second-order valence-electron chi connectivity index (χ2n) is 4.11. The minimum Gasteiger partial charge on any atom is -0.352 e. The fourth-order valence-corrected chi connectivity index (χ4v) is 1.94. The zero-order valence-electron chi connectivity index (χ0n) is 10.7. The van der Waals surface area contributed by atoms with E-state index in [9.17, 15) is 9.59 Å². The molecule has 0 aliphatic carbocycles. The number of carbonyl (C=O) groups excluding carboxylic acids is 1. The van der Waals surface area contributed by atoms with Gasteiger partial charge in [0.2, 0.25) is 5.91 Å². The van der Waals surface area contributed by atoms with Crippen LogP contribution in [0.25, 0.3) is 0 Å². The molecule has 0 bridgehead atoms. The molecule has 0 aliphatic heterocycles. The van der Waals surface area contributed by atoms with Gasteiger partial charge in [-0.15, -0.1) is 0 Å². The van der Waals surface area contributed by atoms with Crippen LogP contribution in [0.4, 0.5) is 5.82 Å². The molecule has 0 atom stereocenters. The van der Waals surface area contributed by atoms with Crippen LogP contribution in [0.2, 0.25) is 0 Å². The number of anilines is 1. The summed E-state index contributed by atoms with van der Waals surface area (Å²) < 4.78 is 0.337. The molecule has 1 rings (SSSR count). The molecule has 1 aromatic rings. The van der Waals surface area contributed by atoms with Gasteiger partial charge in [-0.25, -0.2) is 4.98 Å². The lowest BCUT2D eigenvalue weighted by Crippen LogP contribution is -2.41. The number of likely N-dealkylation sites (N-methyl/N-ethyl adjacent to an activating group) is 1. The number of aromatic amines is 1. The zero-order valence-corrected chi connectivity index (χ0v) is 12.2. The van der Waals surface area contributed by atoms with E-state index in [2.05, 4.69) is 31.2 Å². The molecule has 0 radical (unpaired) electrons. The lowest BCUT2D eigenvalue weighted by Gasteiger charge is -2.22. The van der Waals surface area contributed by atoms with Crippen molar-refractivity contribution in [2.45, 2.75) is 26.8 Å². The Morgan fingerprint density at radius 2 is 2.28 bits per heavy atom. The van der Waals surface area contributed by atoms with Crippen LogP contribution < -0.4 is 15.8 Å². The number of nitrogens with zero attached hydrogens (tertiary/aromatic N) is 2. The summed E-state index contributed by atoms with van der Waals surface area (Å²) in [4.78, 5) is 31.4. The van der Waals surface area contributed by atoms with Crippen LogP contribution in [0.5, 0.6) is 0 Å². The fraction of sp³-hybridized carbons (Fsp3) is 0.545. The van der Waals surface area contributed by atoms with Crippen molar-refractivity contribution in [1.29, 1.82) is 0 Å². The van der Waals surface area contributed by atoms with Crippen LogP contribution in [0.15, 0.2) is 15.6 Å². The van der Waals surface area contributed by atoms with E-state index in [4.69, 9.17) is 0 Å². The highest BCUT2D eigenvalue weighted by Gasteiger charge is 2.16. The maximum Gasteiger partial charge on any atom is 0.267 e. The largest absolute Gasteiger partial charge is 0.352 e. The summed E-state index contributed by atoms with van der Waals surface area (Å²) in [5.41, 5.74) is -0.261. The van der Waals surface area contributed by atoms with Crippen molar-refractivity contribution >= 4 is 27.7 Å². The van der Waals surface area contributed by atoms with Gasteiger partial charge in [0.05, 0.1) is 12.9 Å². The molecule has 0 fully saturated rings. The second kappa shape index (κ2) is 6.53. The molecule has 100 valence electrons. The van der Waals surface area contributed by atoms with Crippen molar-refractivity contribution in [2.75, 3.05) is 18.0 Å². The van der Waals surface area contributed by atoms with Crippen molar-refractivity contribution in [1.82, 2.24) is 15.3 Å². The first-order valence-electron chi connectivity index (χ1n) is 5.73. The summed E-state index contributed by atoms with van der Waals surface area (Å²) in [6, 6.07) is 0.0896. The van der Waals surface area contributed by atoms with Crippen molar-refractivity contribution in [3.63, 3.8) is 0 Å². The zero-order chi connectivity index (χ0) is 13.7. The molecule has 1 amide bonds. The third-order valence-corrected chi connectivity index (χ3v) is 2.96. The summed E-state index contributed by atoms with van der Waals surface area (Å²) in [7, 11) is 0. The molecular weight excluding hydrogens is 300 g/mol. The molecule has 0 aliphatic rings. The van der Waals surface area contributed by atoms with Crippen LogP contribution in [0.3, 0.4) is 0 Å². The summed E-state index contributed by atoms with van der Waals surface area (Å²) in [5.74, 6) is 0.376. The van der Waals surface area contributed by atoms with E-state index in [0.29, 0.717) is 16.8 Å². The normalized spacial score (nSPS) is 10.5. The number of amides is 1. The van der Waals surface area contributed by atoms with Gasteiger partial charge >= 0.3 is 0 Å². The van der Waals surface area contributed by atoms with E-state index in [1.54, 1.807) is 4.90 Å². The Labute approximate surface area is 114 Å². The standard InChI is InChI=1S/C11H17BrN4O2/c1-4-16(5-8(17)15-7(2)3)10-9(12)11(18)14-6-13-10/h6-7H,4-5H2,1-3H3,(H,15,17)(H,13,14,18). The molecule has 0 spiro atoms. The van der Waals surface area contributed by atoms with Crippen LogP contribution in [-0.2, 0) is 4.79 Å². The number of halogens is 1. The van der Waals surface area contributed by atoms with Gasteiger partial charge in [0.15, 0.2) is 5.82 Å². The molecule has 0 saturated carbocycles. The molecule has 18 heavy (non-hydrogen) atoms. The van der Waals surface area contributed by atoms with E-state index in [-0.39, 0.29) is 24.1 Å². The Balaban J connectivity index is 2.87. The van der Waals surface area contributed by atoms with Gasteiger partial charge in [0.25, 0.3) is 5.56 Å². The van der Waals surface area contributed by atoms with E-state index >= 15 is 0 Å². The van der Waals surface area contributed by atoms with Gasteiger partial charge < -0.3 is 15.2 Å². The maximum atomic E-state index is 11.7. The number of nitrogens with one attached hydrogen (secondary N) is 2. The minimum atomic E-state index is -0.261. The minimum absolute atomic E-state index is 0.0896. The van der Waals surface area contributed by atoms with Gasteiger partial charge in [-0.05, 0) is 36.7 Å². The number of hydrogen-bond donors (Lipinski definition) is 2. The molecule has 2 N–H and O–H groups in total. The maximum absolute atomic E-state index is 11.7. The third kappa shape index (κ3) is 3.83. The van der Waals surface area contributed by atoms with Crippen molar-refractivity contribution in [3.8, 4) is 0 Å². The average Bonchev–Trinajstić information content (AvgIpc) is 2.29. The van der Waals surface area contributed by atoms with E-state index in [0.717, 1.165) is 0 Å². The van der Waals surface area contributed by atoms with Crippen LogP contribution in [-0.4, -0.2) is 35.0 Å². The number of carbonyl (C=O) groups is 1. The van der Waals surface area contributed by atoms with Crippen molar-refractivity contribution in [3.05, 3.63) is 21.2 Å². The molecule has 0 unspecified atom stereocenters. The first-order chi connectivity index (χ1) is 8.45. The van der Waals surface area contributed by atoms with Gasteiger partial charge in [-0.1, -0.05) is 0 Å². The molecular formula is C11H17BrN4O2. The molecule has 7 heteroatoms. The average molecular weight is 317 g/mol. The molecule has 1 aromatic heterocycles. The lowest BCUT2D eigenvalue weighted by molar-refractivity contribution is -0.120. The first-order valence-corrected chi connectivity index (χ1v) is 6.52. The highest BCUT2D eigenvalue weighted by atomic mass is 79.9. The monoisotopic (exact) mass is 316 g/mol. The first kappa shape index (κ1) is 14.7. The molecule has 6 nitrogen and oxygen atoms in total. The Morgan fingerprint density at radius 1 is 1.61 bits per heavy atom. The quantitative estimate of drug-likeness (QED) is 0.845.